The molecule has 0 spiro atoms. The highest BCUT2D eigenvalue weighted by atomic mass is 32.1. The summed E-state index contributed by atoms with van der Waals surface area (Å²) in [5.41, 5.74) is 0.316. The smallest absolute Gasteiger partial charge is 0.216 e. The highest BCUT2D eigenvalue weighted by Crippen LogP contribution is 2.49. The summed E-state index contributed by atoms with van der Waals surface area (Å²) in [4.78, 5) is 39.3. The van der Waals surface area contributed by atoms with Crippen LogP contribution >= 0.6 is 11.3 Å². The molecule has 3 heterocycles. The second-order valence-corrected chi connectivity index (χ2v) is 10.5. The van der Waals surface area contributed by atoms with Crippen LogP contribution in [0.5, 0.6) is 11.5 Å². The maximum Gasteiger partial charge on any atom is 0.216 e. The van der Waals surface area contributed by atoms with E-state index < -0.39 is 11.2 Å². The lowest BCUT2D eigenvalue weighted by molar-refractivity contribution is -0.119. The van der Waals surface area contributed by atoms with E-state index in [4.69, 9.17) is 4.74 Å². The number of aromatic hydroxyl groups is 1. The molecule has 3 aromatic rings. The summed E-state index contributed by atoms with van der Waals surface area (Å²) in [5, 5.41) is 13.7. The third kappa shape index (κ3) is 3.93. The molecule has 0 radical (unpaired) electrons. The first-order valence-electron chi connectivity index (χ1n) is 11.8. The average molecular weight is 502 g/mol. The van der Waals surface area contributed by atoms with E-state index in [1.807, 2.05) is 9.47 Å². The van der Waals surface area contributed by atoms with Crippen LogP contribution in [0.1, 0.15) is 55.2 Å². The second-order valence-electron chi connectivity index (χ2n) is 9.46. The van der Waals surface area contributed by atoms with Crippen molar-refractivity contribution in [2.45, 2.75) is 45.6 Å². The van der Waals surface area contributed by atoms with Gasteiger partial charge < -0.3 is 24.6 Å². The zero-order valence-corrected chi connectivity index (χ0v) is 20.8. The molecule has 1 atom stereocenters. The van der Waals surface area contributed by atoms with E-state index in [-0.39, 0.29) is 39.1 Å². The summed E-state index contributed by atoms with van der Waals surface area (Å²) in [5.74, 6) is -0.691. The van der Waals surface area contributed by atoms with Crippen molar-refractivity contribution in [2.75, 3.05) is 31.6 Å². The average Bonchev–Trinajstić information content (AvgIpc) is 3.43. The van der Waals surface area contributed by atoms with Crippen molar-refractivity contribution >= 4 is 49.8 Å². The maximum absolute atomic E-state index is 15.6. The monoisotopic (exact) mass is 501 g/mol. The Morgan fingerprint density at radius 3 is 2.66 bits per heavy atom. The number of Topliss-reactive ketones (excluding diaryl/α,β-unsaturated/α-hetero) is 1. The number of rotatable bonds is 7. The van der Waals surface area contributed by atoms with Crippen molar-refractivity contribution in [2.24, 2.45) is 5.92 Å². The fourth-order valence-electron chi connectivity index (χ4n) is 5.17. The number of halogens is 1. The maximum atomic E-state index is 15.6. The van der Waals surface area contributed by atoms with Crippen LogP contribution in [-0.2, 0) is 4.79 Å². The fourth-order valence-corrected chi connectivity index (χ4v) is 6.34. The van der Waals surface area contributed by atoms with E-state index in [9.17, 15) is 19.5 Å². The van der Waals surface area contributed by atoms with E-state index in [0.717, 1.165) is 37.0 Å². The van der Waals surface area contributed by atoms with E-state index in [2.05, 4.69) is 5.32 Å². The minimum absolute atomic E-state index is 0.0630. The van der Waals surface area contributed by atoms with Gasteiger partial charge in [-0.05, 0) is 37.7 Å². The van der Waals surface area contributed by atoms with Crippen molar-refractivity contribution < 1.29 is 23.8 Å². The summed E-state index contributed by atoms with van der Waals surface area (Å²) in [6.45, 7) is 4.66. The van der Waals surface area contributed by atoms with E-state index >= 15 is 4.39 Å². The van der Waals surface area contributed by atoms with Gasteiger partial charge in [-0.1, -0.05) is 0 Å². The quantitative estimate of drug-likeness (QED) is 0.476. The van der Waals surface area contributed by atoms with Crippen LogP contribution in [0.2, 0.25) is 0 Å². The van der Waals surface area contributed by atoms with E-state index in [0.29, 0.717) is 47.3 Å². The Balaban J connectivity index is 1.68. The summed E-state index contributed by atoms with van der Waals surface area (Å²) < 4.78 is 23.4. The van der Waals surface area contributed by atoms with Crippen molar-refractivity contribution in [3.63, 3.8) is 0 Å². The Hall–Kier alpha value is -3.14. The van der Waals surface area contributed by atoms with Crippen molar-refractivity contribution in [1.29, 1.82) is 0 Å². The molecule has 1 aliphatic heterocycles. The molecule has 10 heteroatoms. The van der Waals surface area contributed by atoms with Crippen molar-refractivity contribution in [3.8, 4) is 11.5 Å². The first kappa shape index (κ1) is 23.6. The van der Waals surface area contributed by atoms with Crippen LogP contribution < -0.4 is 20.4 Å². The first-order chi connectivity index (χ1) is 16.7. The predicted octanol–water partition coefficient (Wildman–Crippen LogP) is 3.96. The normalized spacial score (nSPS) is 17.9. The molecule has 0 bridgehead atoms. The largest absolute Gasteiger partial charge is 0.505 e. The van der Waals surface area contributed by atoms with E-state index in [1.54, 1.807) is 0 Å². The molecule has 1 saturated heterocycles. The molecule has 2 N–H and O–H groups in total. The van der Waals surface area contributed by atoms with Crippen LogP contribution in [0.3, 0.4) is 0 Å². The number of carbonyl (C=O) groups excluding carboxylic acids is 2. The number of carbonyl (C=O) groups is 2. The SMILES string of the molecule is COc1c(N2CC[C@@H](CCNC(C)=O)C2)c(F)cc2c(=O)c3c(O)c(C(C)=O)sc3n(C3CC3)c12. The summed E-state index contributed by atoms with van der Waals surface area (Å²) in [6.07, 6.45) is 3.41. The van der Waals surface area contributed by atoms with Gasteiger partial charge in [0.25, 0.3) is 0 Å². The molecule has 2 fully saturated rings. The van der Waals surface area contributed by atoms with Crippen LogP contribution in [0.25, 0.3) is 21.1 Å². The van der Waals surface area contributed by atoms with Gasteiger partial charge in [0.15, 0.2) is 23.1 Å². The topological polar surface area (TPSA) is 101 Å². The zero-order chi connectivity index (χ0) is 25.0. The van der Waals surface area contributed by atoms with Crippen LogP contribution in [-0.4, -0.2) is 48.1 Å². The van der Waals surface area contributed by atoms with Gasteiger partial charge in [0, 0.05) is 39.5 Å². The van der Waals surface area contributed by atoms with Crippen LogP contribution in [0.4, 0.5) is 10.1 Å². The molecule has 1 aliphatic carbocycles. The highest BCUT2D eigenvalue weighted by Gasteiger charge is 2.35. The number of methoxy groups -OCH3 is 1. The van der Waals surface area contributed by atoms with Gasteiger partial charge in [0.05, 0.1) is 18.0 Å². The number of benzene rings is 1. The van der Waals surface area contributed by atoms with Gasteiger partial charge in [-0.15, -0.1) is 11.3 Å². The second kappa shape index (κ2) is 8.82. The summed E-state index contributed by atoms with van der Waals surface area (Å²) in [6, 6.07) is 1.32. The molecule has 35 heavy (non-hydrogen) atoms. The summed E-state index contributed by atoms with van der Waals surface area (Å²) >= 11 is 1.10. The lowest BCUT2D eigenvalue weighted by Gasteiger charge is -2.25. The molecule has 0 unspecified atom stereocenters. The van der Waals surface area contributed by atoms with Gasteiger partial charge >= 0.3 is 0 Å². The molecule has 1 amide bonds. The third-order valence-electron chi connectivity index (χ3n) is 6.94. The van der Waals surface area contributed by atoms with Gasteiger partial charge in [0.1, 0.15) is 20.8 Å². The number of ketones is 1. The number of nitrogens with zero attached hydrogens (tertiary/aromatic N) is 2. The molecule has 8 nitrogen and oxygen atoms in total. The number of ether oxygens (including phenoxy) is 1. The Morgan fingerprint density at radius 2 is 2.03 bits per heavy atom. The number of hydrogen-bond donors (Lipinski definition) is 2. The number of nitrogens with one attached hydrogen (secondary N) is 1. The Bertz CT molecular complexity index is 1420. The number of hydrogen-bond acceptors (Lipinski definition) is 7. The third-order valence-corrected chi connectivity index (χ3v) is 8.22. The highest BCUT2D eigenvalue weighted by molar-refractivity contribution is 7.21. The predicted molar refractivity (Wildman–Crippen MR) is 134 cm³/mol. The van der Waals surface area contributed by atoms with Gasteiger partial charge in [-0.2, -0.15) is 0 Å². The minimum Gasteiger partial charge on any atom is -0.505 e. The molecule has 5 rings (SSSR count). The summed E-state index contributed by atoms with van der Waals surface area (Å²) in [7, 11) is 1.47. The number of fused-ring (bicyclic) bond motifs is 2. The molecular formula is C25H28FN3O5S. The number of anilines is 1. The fraction of sp³-hybridized carbons (Fsp3) is 0.480. The number of amides is 1. The number of pyridine rings is 1. The lowest BCUT2D eigenvalue weighted by Crippen LogP contribution is -2.25. The Labute approximate surface area is 205 Å². The molecular weight excluding hydrogens is 473 g/mol. The number of aromatic nitrogens is 1. The molecule has 1 saturated carbocycles. The molecule has 2 aliphatic rings. The lowest BCUT2D eigenvalue weighted by atomic mass is 10.1. The zero-order valence-electron chi connectivity index (χ0n) is 19.9. The standard InChI is InChI=1S/C25H28FN3O5S/c1-12(30)24-22(33)18-21(32)16-10-17(26)20(28-9-7-14(11-28)6-8-27-13(2)31)23(34-3)19(16)29(15-4-5-15)25(18)35-24/h10,14-15,33H,4-9,11H2,1-3H3,(H,27,31)/t14-/m1/s1. The van der Waals surface area contributed by atoms with Gasteiger partial charge in [-0.25, -0.2) is 4.39 Å². The van der Waals surface area contributed by atoms with Crippen molar-refractivity contribution in [1.82, 2.24) is 9.88 Å². The Morgan fingerprint density at radius 1 is 1.29 bits per heavy atom. The minimum atomic E-state index is -0.558. The molecule has 186 valence electrons. The van der Waals surface area contributed by atoms with E-state index in [1.165, 1.54) is 27.0 Å². The molecule has 2 aromatic heterocycles. The Kier molecular flexibility index (Phi) is 5.94. The van der Waals surface area contributed by atoms with Gasteiger partial charge in [-0.3, -0.25) is 14.4 Å². The van der Waals surface area contributed by atoms with Crippen LogP contribution in [0.15, 0.2) is 10.9 Å². The molecule has 1 aromatic carbocycles. The first-order valence-corrected chi connectivity index (χ1v) is 12.6. The number of thiophene rings is 1. The van der Waals surface area contributed by atoms with Gasteiger partial charge in [0.2, 0.25) is 11.3 Å². The van der Waals surface area contributed by atoms with Crippen molar-refractivity contribution in [3.05, 3.63) is 27.0 Å². The van der Waals surface area contributed by atoms with Crippen LogP contribution in [0, 0.1) is 11.7 Å².